The number of benzene rings is 1. The van der Waals surface area contributed by atoms with E-state index in [4.69, 9.17) is 0 Å². The Labute approximate surface area is 150 Å². The molecule has 8 heteroatoms. The van der Waals surface area contributed by atoms with Crippen LogP contribution in [0.1, 0.15) is 30.6 Å². The first-order chi connectivity index (χ1) is 10.8. The van der Waals surface area contributed by atoms with E-state index in [0.29, 0.717) is 24.6 Å². The van der Waals surface area contributed by atoms with Gasteiger partial charge in [-0.1, -0.05) is 6.07 Å². The quantitative estimate of drug-likeness (QED) is 0.789. The fourth-order valence-electron chi connectivity index (χ4n) is 2.83. The first kappa shape index (κ1) is 20.9. The van der Waals surface area contributed by atoms with Crippen molar-refractivity contribution in [3.63, 3.8) is 0 Å². The van der Waals surface area contributed by atoms with Crippen LogP contribution in [0.2, 0.25) is 0 Å². The van der Waals surface area contributed by atoms with Crippen molar-refractivity contribution in [3.8, 4) is 0 Å². The maximum atomic E-state index is 12.6. The molecule has 1 aliphatic heterocycles. The van der Waals surface area contributed by atoms with Gasteiger partial charge in [0, 0.05) is 24.7 Å². The van der Waals surface area contributed by atoms with Gasteiger partial charge in [0.1, 0.15) is 0 Å². The molecule has 0 bridgehead atoms. The minimum atomic E-state index is -3.59. The topological polar surface area (TPSA) is 78.5 Å². The molecular weight excluding hydrogens is 350 g/mol. The summed E-state index contributed by atoms with van der Waals surface area (Å²) >= 11 is 0. The van der Waals surface area contributed by atoms with Crippen molar-refractivity contribution in [2.45, 2.75) is 31.2 Å². The van der Waals surface area contributed by atoms with E-state index in [1.807, 2.05) is 7.05 Å². The molecule has 136 valence electrons. The number of hydrogen-bond donors (Lipinski definition) is 2. The number of hydrogen-bond acceptors (Lipinski definition) is 4. The lowest BCUT2D eigenvalue weighted by Crippen LogP contribution is -2.32. The number of amides is 1. The molecule has 1 amide bonds. The zero-order valence-corrected chi connectivity index (χ0v) is 15.9. The molecule has 1 aliphatic rings. The van der Waals surface area contributed by atoms with Crippen LogP contribution in [-0.2, 0) is 10.0 Å². The Kier molecular flexibility index (Phi) is 7.66. The Morgan fingerprint density at radius 1 is 1.38 bits per heavy atom. The van der Waals surface area contributed by atoms with Gasteiger partial charge in [0.25, 0.3) is 5.91 Å². The van der Waals surface area contributed by atoms with Crippen LogP contribution in [-0.4, -0.2) is 51.9 Å². The summed E-state index contributed by atoms with van der Waals surface area (Å²) in [5.41, 5.74) is 0.418. The molecule has 2 N–H and O–H groups in total. The highest BCUT2D eigenvalue weighted by Gasteiger charge is 2.27. The molecule has 0 saturated carbocycles. The zero-order valence-electron chi connectivity index (χ0n) is 14.3. The van der Waals surface area contributed by atoms with E-state index in [1.165, 1.54) is 12.1 Å². The van der Waals surface area contributed by atoms with Gasteiger partial charge in [-0.25, -0.2) is 13.1 Å². The maximum absolute atomic E-state index is 12.6. The van der Waals surface area contributed by atoms with E-state index in [-0.39, 0.29) is 29.3 Å². The SMILES string of the molecule is CNCC1CCN(C(=O)c2cccc(S(=O)(=O)NC(C)C)c2)C1.Cl. The first-order valence-electron chi connectivity index (χ1n) is 7.89. The smallest absolute Gasteiger partial charge is 0.253 e. The molecule has 1 saturated heterocycles. The predicted molar refractivity (Wildman–Crippen MR) is 97.1 cm³/mol. The Hall–Kier alpha value is -1.15. The third kappa shape index (κ3) is 5.17. The van der Waals surface area contributed by atoms with Crippen LogP contribution < -0.4 is 10.0 Å². The molecule has 2 rings (SSSR count). The van der Waals surface area contributed by atoms with Gasteiger partial charge in [-0.3, -0.25) is 4.79 Å². The summed E-state index contributed by atoms with van der Waals surface area (Å²) < 4.78 is 27.0. The molecule has 6 nitrogen and oxygen atoms in total. The van der Waals surface area contributed by atoms with Crippen molar-refractivity contribution >= 4 is 28.3 Å². The number of carbonyl (C=O) groups excluding carboxylic acids is 1. The minimum absolute atomic E-state index is 0. The number of likely N-dealkylation sites (tertiary alicyclic amines) is 1. The third-order valence-electron chi connectivity index (χ3n) is 3.85. The van der Waals surface area contributed by atoms with Crippen LogP contribution >= 0.6 is 12.4 Å². The van der Waals surface area contributed by atoms with Gasteiger partial charge >= 0.3 is 0 Å². The number of sulfonamides is 1. The monoisotopic (exact) mass is 375 g/mol. The number of carbonyl (C=O) groups is 1. The Balaban J connectivity index is 0.00000288. The highest BCUT2D eigenvalue weighted by Crippen LogP contribution is 2.20. The summed E-state index contributed by atoms with van der Waals surface area (Å²) in [6, 6.07) is 6.05. The second-order valence-corrected chi connectivity index (χ2v) is 7.98. The molecular formula is C16H26ClN3O3S. The summed E-state index contributed by atoms with van der Waals surface area (Å²) in [6.45, 7) is 5.83. The number of rotatable bonds is 6. The highest BCUT2D eigenvalue weighted by molar-refractivity contribution is 7.89. The standard InChI is InChI=1S/C16H25N3O3S.ClH/c1-12(2)18-23(21,22)15-6-4-5-14(9-15)16(20)19-8-7-13(11-19)10-17-3;/h4-6,9,12-13,17-18H,7-8,10-11H2,1-3H3;1H. The van der Waals surface area contributed by atoms with Crippen LogP contribution in [0.4, 0.5) is 0 Å². The van der Waals surface area contributed by atoms with Crippen LogP contribution in [0.15, 0.2) is 29.2 Å². The average molecular weight is 376 g/mol. The van der Waals surface area contributed by atoms with Gasteiger partial charge in [0.05, 0.1) is 4.90 Å². The van der Waals surface area contributed by atoms with Crippen LogP contribution in [0.5, 0.6) is 0 Å². The van der Waals surface area contributed by atoms with Crippen molar-refractivity contribution < 1.29 is 13.2 Å². The number of nitrogens with one attached hydrogen (secondary N) is 2. The molecule has 1 aromatic carbocycles. The predicted octanol–water partition coefficient (Wildman–Crippen LogP) is 1.48. The second-order valence-electron chi connectivity index (χ2n) is 6.27. The molecule has 0 aliphatic carbocycles. The molecule has 1 fully saturated rings. The number of nitrogens with zero attached hydrogens (tertiary/aromatic N) is 1. The summed E-state index contributed by atoms with van der Waals surface area (Å²) in [5.74, 6) is 0.351. The molecule has 1 atom stereocenters. The summed E-state index contributed by atoms with van der Waals surface area (Å²) in [4.78, 5) is 14.5. The molecule has 24 heavy (non-hydrogen) atoms. The molecule has 0 spiro atoms. The molecule has 1 aromatic rings. The van der Waals surface area contributed by atoms with Crippen molar-refractivity contribution in [2.75, 3.05) is 26.7 Å². The van der Waals surface area contributed by atoms with E-state index in [0.717, 1.165) is 13.0 Å². The molecule has 0 radical (unpaired) electrons. The maximum Gasteiger partial charge on any atom is 0.253 e. The Morgan fingerprint density at radius 2 is 2.08 bits per heavy atom. The van der Waals surface area contributed by atoms with Crippen molar-refractivity contribution in [1.29, 1.82) is 0 Å². The van der Waals surface area contributed by atoms with Gasteiger partial charge in [-0.05, 0) is 58.0 Å². The van der Waals surface area contributed by atoms with Crippen molar-refractivity contribution in [1.82, 2.24) is 14.9 Å². The second kappa shape index (κ2) is 8.80. The molecule has 1 unspecified atom stereocenters. The van der Waals surface area contributed by atoms with Crippen LogP contribution in [0, 0.1) is 5.92 Å². The first-order valence-corrected chi connectivity index (χ1v) is 9.38. The van der Waals surface area contributed by atoms with E-state index in [2.05, 4.69) is 10.0 Å². The lowest BCUT2D eigenvalue weighted by molar-refractivity contribution is 0.0787. The fraction of sp³-hybridized carbons (Fsp3) is 0.562. The summed E-state index contributed by atoms with van der Waals surface area (Å²) in [6.07, 6.45) is 0.972. The Morgan fingerprint density at radius 3 is 2.71 bits per heavy atom. The highest BCUT2D eigenvalue weighted by atomic mass is 35.5. The van der Waals surface area contributed by atoms with E-state index < -0.39 is 10.0 Å². The van der Waals surface area contributed by atoms with E-state index in [9.17, 15) is 13.2 Å². The normalized spacial score (nSPS) is 17.8. The minimum Gasteiger partial charge on any atom is -0.338 e. The van der Waals surface area contributed by atoms with Gasteiger partial charge < -0.3 is 10.2 Å². The lowest BCUT2D eigenvalue weighted by atomic mass is 10.1. The third-order valence-corrected chi connectivity index (χ3v) is 5.50. The van der Waals surface area contributed by atoms with Gasteiger partial charge in [0.2, 0.25) is 10.0 Å². The van der Waals surface area contributed by atoms with Crippen molar-refractivity contribution in [2.24, 2.45) is 5.92 Å². The van der Waals surface area contributed by atoms with E-state index >= 15 is 0 Å². The van der Waals surface area contributed by atoms with Gasteiger partial charge in [-0.2, -0.15) is 0 Å². The lowest BCUT2D eigenvalue weighted by Gasteiger charge is -2.17. The van der Waals surface area contributed by atoms with E-state index in [1.54, 1.807) is 30.9 Å². The largest absolute Gasteiger partial charge is 0.338 e. The number of halogens is 1. The summed E-state index contributed by atoms with van der Waals surface area (Å²) in [5, 5.41) is 3.13. The average Bonchev–Trinajstić information content (AvgIpc) is 2.94. The Bertz CT molecular complexity index is 664. The summed E-state index contributed by atoms with van der Waals surface area (Å²) in [7, 11) is -1.69. The molecule has 0 aromatic heterocycles. The fourth-order valence-corrected chi connectivity index (χ4v) is 4.13. The van der Waals surface area contributed by atoms with Gasteiger partial charge in [0.15, 0.2) is 0 Å². The zero-order chi connectivity index (χ0) is 17.0. The van der Waals surface area contributed by atoms with Crippen LogP contribution in [0.3, 0.4) is 0 Å². The van der Waals surface area contributed by atoms with Crippen molar-refractivity contribution in [3.05, 3.63) is 29.8 Å². The van der Waals surface area contributed by atoms with Crippen LogP contribution in [0.25, 0.3) is 0 Å². The van der Waals surface area contributed by atoms with Gasteiger partial charge in [-0.15, -0.1) is 12.4 Å². The molecule has 1 heterocycles.